The van der Waals surface area contributed by atoms with Gasteiger partial charge in [-0.1, -0.05) is 17.7 Å². The number of aryl methyl sites for hydroxylation is 2. The predicted molar refractivity (Wildman–Crippen MR) is 84.2 cm³/mol. The van der Waals surface area contributed by atoms with Crippen molar-refractivity contribution in [3.05, 3.63) is 47.5 Å². The smallest absolute Gasteiger partial charge is 0.262 e. The van der Waals surface area contributed by atoms with Crippen LogP contribution in [0.3, 0.4) is 0 Å². The van der Waals surface area contributed by atoms with Gasteiger partial charge in [0, 0.05) is 11.8 Å². The lowest BCUT2D eigenvalue weighted by molar-refractivity contribution is 0.171. The first kappa shape index (κ1) is 14.7. The van der Waals surface area contributed by atoms with Crippen LogP contribution in [0.25, 0.3) is 0 Å². The summed E-state index contributed by atoms with van der Waals surface area (Å²) in [6, 6.07) is 10.4. The van der Waals surface area contributed by atoms with Crippen LogP contribution >= 0.6 is 0 Å². The zero-order chi connectivity index (χ0) is 15.7. The molecule has 2 aromatic carbocycles. The second-order valence-corrected chi connectivity index (χ2v) is 6.88. The predicted octanol–water partition coefficient (Wildman–Crippen LogP) is 2.88. The number of ether oxygens (including phenoxy) is 2. The lowest BCUT2D eigenvalue weighted by Crippen LogP contribution is -2.18. The Morgan fingerprint density at radius 2 is 1.55 bits per heavy atom. The molecule has 0 radical (unpaired) electrons. The van der Waals surface area contributed by atoms with Crippen molar-refractivity contribution >= 4 is 15.7 Å². The fourth-order valence-corrected chi connectivity index (χ4v) is 3.59. The summed E-state index contributed by atoms with van der Waals surface area (Å²) in [4.78, 5) is 0.192. The third-order valence-corrected chi connectivity index (χ3v) is 4.96. The van der Waals surface area contributed by atoms with Gasteiger partial charge in [-0.25, -0.2) is 8.42 Å². The second kappa shape index (κ2) is 5.53. The van der Waals surface area contributed by atoms with E-state index in [1.807, 2.05) is 19.1 Å². The molecule has 1 N–H and O–H groups in total. The highest BCUT2D eigenvalue weighted by atomic mass is 32.2. The van der Waals surface area contributed by atoms with Crippen molar-refractivity contribution in [2.75, 3.05) is 17.9 Å². The standard InChI is InChI=1S/C16H17NO4S/c1-11-3-5-13(6-4-11)17-22(18,19)16-10-15-14(9-12(16)2)20-7-8-21-15/h3-6,9-10,17H,7-8H2,1-2H3. The quantitative estimate of drug-likeness (QED) is 0.945. The van der Waals surface area contributed by atoms with Gasteiger partial charge < -0.3 is 9.47 Å². The van der Waals surface area contributed by atoms with Crippen LogP contribution < -0.4 is 14.2 Å². The summed E-state index contributed by atoms with van der Waals surface area (Å²) in [7, 11) is -3.68. The zero-order valence-electron chi connectivity index (χ0n) is 12.4. The van der Waals surface area contributed by atoms with Crippen LogP contribution in [0.5, 0.6) is 11.5 Å². The molecule has 1 aliphatic rings. The SMILES string of the molecule is Cc1ccc(NS(=O)(=O)c2cc3c(cc2C)OCCO3)cc1. The fraction of sp³-hybridized carbons (Fsp3) is 0.250. The second-order valence-electron chi connectivity index (χ2n) is 5.23. The van der Waals surface area contributed by atoms with Crippen LogP contribution in [0, 0.1) is 13.8 Å². The molecular formula is C16H17NO4S. The van der Waals surface area contributed by atoms with Gasteiger partial charge in [0.25, 0.3) is 10.0 Å². The van der Waals surface area contributed by atoms with Crippen LogP contribution in [0.15, 0.2) is 41.3 Å². The van der Waals surface area contributed by atoms with E-state index in [2.05, 4.69) is 4.72 Å². The Morgan fingerprint density at radius 1 is 0.955 bits per heavy atom. The molecule has 1 aliphatic heterocycles. The van der Waals surface area contributed by atoms with Gasteiger partial charge in [-0.05, 0) is 37.6 Å². The van der Waals surface area contributed by atoms with E-state index in [0.29, 0.717) is 36.0 Å². The molecule has 0 amide bonds. The highest BCUT2D eigenvalue weighted by molar-refractivity contribution is 7.92. The number of rotatable bonds is 3. The average Bonchev–Trinajstić information content (AvgIpc) is 2.48. The number of fused-ring (bicyclic) bond motifs is 1. The molecule has 3 rings (SSSR count). The van der Waals surface area contributed by atoms with Crippen LogP contribution in [0.2, 0.25) is 0 Å². The molecule has 0 saturated carbocycles. The van der Waals surface area contributed by atoms with Gasteiger partial charge in [0.2, 0.25) is 0 Å². The fourth-order valence-electron chi connectivity index (χ4n) is 2.29. The normalized spacial score (nSPS) is 13.7. The average molecular weight is 319 g/mol. The Hall–Kier alpha value is -2.21. The Labute approximate surface area is 129 Å². The molecule has 116 valence electrons. The number of sulfonamides is 1. The monoisotopic (exact) mass is 319 g/mol. The number of anilines is 1. The largest absolute Gasteiger partial charge is 0.486 e. The third kappa shape index (κ3) is 2.87. The highest BCUT2D eigenvalue weighted by Crippen LogP contribution is 2.35. The van der Waals surface area contributed by atoms with Crippen molar-refractivity contribution in [1.82, 2.24) is 0 Å². The summed E-state index contributed by atoms with van der Waals surface area (Å²) in [5.74, 6) is 1.04. The van der Waals surface area contributed by atoms with Gasteiger partial charge in [-0.15, -0.1) is 0 Å². The lowest BCUT2D eigenvalue weighted by atomic mass is 10.2. The molecule has 0 saturated heterocycles. The topological polar surface area (TPSA) is 64.6 Å². The molecule has 0 aliphatic carbocycles. The maximum atomic E-state index is 12.6. The van der Waals surface area contributed by atoms with Crippen molar-refractivity contribution < 1.29 is 17.9 Å². The minimum absolute atomic E-state index is 0.192. The number of hydrogen-bond donors (Lipinski definition) is 1. The Morgan fingerprint density at radius 3 is 2.18 bits per heavy atom. The van der Waals surface area contributed by atoms with Gasteiger partial charge in [0.05, 0.1) is 4.90 Å². The van der Waals surface area contributed by atoms with E-state index in [1.54, 1.807) is 25.1 Å². The Balaban J connectivity index is 1.96. The van der Waals surface area contributed by atoms with Gasteiger partial charge in [-0.2, -0.15) is 0 Å². The summed E-state index contributed by atoms with van der Waals surface area (Å²) < 4.78 is 38.7. The highest BCUT2D eigenvalue weighted by Gasteiger charge is 2.22. The third-order valence-electron chi connectivity index (χ3n) is 3.43. The lowest BCUT2D eigenvalue weighted by Gasteiger charge is -2.20. The summed E-state index contributed by atoms with van der Waals surface area (Å²) >= 11 is 0. The van der Waals surface area contributed by atoms with Crippen molar-refractivity contribution in [2.24, 2.45) is 0 Å². The summed E-state index contributed by atoms with van der Waals surface area (Å²) in [6.07, 6.45) is 0. The molecule has 0 fully saturated rings. The van der Waals surface area contributed by atoms with Crippen molar-refractivity contribution in [3.8, 4) is 11.5 Å². The molecule has 0 spiro atoms. The molecule has 6 heteroatoms. The molecule has 22 heavy (non-hydrogen) atoms. The van der Waals surface area contributed by atoms with Gasteiger partial charge in [-0.3, -0.25) is 4.72 Å². The molecule has 2 aromatic rings. The van der Waals surface area contributed by atoms with E-state index >= 15 is 0 Å². The first-order valence-corrected chi connectivity index (χ1v) is 8.44. The van der Waals surface area contributed by atoms with Crippen molar-refractivity contribution in [1.29, 1.82) is 0 Å². The summed E-state index contributed by atoms with van der Waals surface area (Å²) in [5.41, 5.74) is 2.21. The van der Waals surface area contributed by atoms with Gasteiger partial charge >= 0.3 is 0 Å². The maximum Gasteiger partial charge on any atom is 0.262 e. The minimum atomic E-state index is -3.68. The van der Waals surface area contributed by atoms with Crippen LogP contribution in [0.4, 0.5) is 5.69 Å². The first-order chi connectivity index (χ1) is 10.5. The number of nitrogens with one attached hydrogen (secondary N) is 1. The molecule has 5 nitrogen and oxygen atoms in total. The first-order valence-electron chi connectivity index (χ1n) is 6.95. The molecule has 0 atom stereocenters. The van der Waals surface area contributed by atoms with E-state index in [1.165, 1.54) is 6.07 Å². The summed E-state index contributed by atoms with van der Waals surface area (Å²) in [6.45, 7) is 4.58. The van der Waals surface area contributed by atoms with Crippen molar-refractivity contribution in [3.63, 3.8) is 0 Å². The van der Waals surface area contributed by atoms with Crippen molar-refractivity contribution in [2.45, 2.75) is 18.7 Å². The number of benzene rings is 2. The Bertz CT molecular complexity index is 798. The number of hydrogen-bond acceptors (Lipinski definition) is 4. The molecule has 0 bridgehead atoms. The minimum Gasteiger partial charge on any atom is -0.486 e. The van der Waals surface area contributed by atoms with Crippen LogP contribution in [-0.4, -0.2) is 21.6 Å². The van der Waals surface area contributed by atoms with Gasteiger partial charge in [0.1, 0.15) is 13.2 Å². The van der Waals surface area contributed by atoms with Crippen LogP contribution in [-0.2, 0) is 10.0 Å². The maximum absolute atomic E-state index is 12.6. The molecule has 0 aromatic heterocycles. The van der Waals surface area contributed by atoms with E-state index < -0.39 is 10.0 Å². The van der Waals surface area contributed by atoms with E-state index in [0.717, 1.165) is 5.56 Å². The zero-order valence-corrected chi connectivity index (χ0v) is 13.2. The molecule has 1 heterocycles. The van der Waals surface area contributed by atoms with Gasteiger partial charge in [0.15, 0.2) is 11.5 Å². The molecule has 0 unspecified atom stereocenters. The Kier molecular flexibility index (Phi) is 3.70. The van der Waals surface area contributed by atoms with E-state index in [-0.39, 0.29) is 4.90 Å². The van der Waals surface area contributed by atoms with E-state index in [9.17, 15) is 8.42 Å². The molecular weight excluding hydrogens is 302 g/mol. The summed E-state index contributed by atoms with van der Waals surface area (Å²) in [5, 5.41) is 0. The van der Waals surface area contributed by atoms with E-state index in [4.69, 9.17) is 9.47 Å². The van der Waals surface area contributed by atoms with Crippen LogP contribution in [0.1, 0.15) is 11.1 Å².